The zero-order valence-electron chi connectivity index (χ0n) is 11.8. The molecule has 108 valence electrons. The lowest BCUT2D eigenvalue weighted by molar-refractivity contribution is 0.470. The summed E-state index contributed by atoms with van der Waals surface area (Å²) in [6.07, 6.45) is 2.69. The van der Waals surface area contributed by atoms with Crippen molar-refractivity contribution in [2.24, 2.45) is 10.9 Å². The summed E-state index contributed by atoms with van der Waals surface area (Å²) in [6.45, 7) is 6.83. The van der Waals surface area contributed by atoms with E-state index < -0.39 is 0 Å². The molecule has 1 aliphatic rings. The van der Waals surface area contributed by atoms with Crippen molar-refractivity contribution in [1.29, 1.82) is 0 Å². The fourth-order valence-corrected chi connectivity index (χ4v) is 2.39. The quantitative estimate of drug-likeness (QED) is 0.474. The zero-order chi connectivity index (χ0) is 13.0. The number of halogens is 1. The van der Waals surface area contributed by atoms with Crippen molar-refractivity contribution < 1.29 is 0 Å². The van der Waals surface area contributed by atoms with Crippen molar-refractivity contribution in [3.05, 3.63) is 16.1 Å². The Hall–Kier alpha value is -0.370. The summed E-state index contributed by atoms with van der Waals surface area (Å²) in [6, 6.07) is 0. The molecule has 0 spiro atoms. The average Bonchev–Trinajstić information content (AvgIpc) is 3.08. The Morgan fingerprint density at radius 3 is 2.84 bits per heavy atom. The highest BCUT2D eigenvalue weighted by atomic mass is 127. The van der Waals surface area contributed by atoms with Crippen LogP contribution in [0.3, 0.4) is 0 Å². The van der Waals surface area contributed by atoms with Gasteiger partial charge in [-0.25, -0.2) is 4.98 Å². The van der Waals surface area contributed by atoms with Crippen LogP contribution in [0.2, 0.25) is 0 Å². The molecule has 1 fully saturated rings. The predicted octanol–water partition coefficient (Wildman–Crippen LogP) is 2.88. The van der Waals surface area contributed by atoms with Gasteiger partial charge < -0.3 is 10.2 Å². The monoisotopic (exact) mass is 394 g/mol. The first-order chi connectivity index (χ1) is 8.69. The molecule has 19 heavy (non-hydrogen) atoms. The van der Waals surface area contributed by atoms with Crippen LogP contribution < -0.4 is 5.32 Å². The Labute approximate surface area is 136 Å². The second kappa shape index (κ2) is 8.04. The van der Waals surface area contributed by atoms with Crippen LogP contribution in [0, 0.1) is 12.8 Å². The molecular weight excluding hydrogens is 371 g/mol. The Balaban J connectivity index is 0.00000180. The Bertz CT molecular complexity index is 415. The first-order valence-electron chi connectivity index (χ1n) is 6.59. The van der Waals surface area contributed by atoms with E-state index in [1.165, 1.54) is 12.8 Å². The number of rotatable bonds is 5. The molecule has 2 rings (SSSR count). The van der Waals surface area contributed by atoms with Crippen molar-refractivity contribution in [2.45, 2.75) is 33.2 Å². The van der Waals surface area contributed by atoms with Crippen molar-refractivity contribution in [1.82, 2.24) is 15.2 Å². The third-order valence-electron chi connectivity index (χ3n) is 2.96. The van der Waals surface area contributed by atoms with Crippen LogP contribution in [0.25, 0.3) is 0 Å². The molecule has 0 amide bonds. The minimum absolute atomic E-state index is 0. The number of aromatic nitrogens is 1. The summed E-state index contributed by atoms with van der Waals surface area (Å²) in [5.74, 6) is 1.82. The summed E-state index contributed by atoms with van der Waals surface area (Å²) >= 11 is 1.70. The van der Waals surface area contributed by atoms with Crippen molar-refractivity contribution >= 4 is 41.3 Å². The van der Waals surface area contributed by atoms with Crippen molar-refractivity contribution in [2.75, 3.05) is 20.1 Å². The number of hydrogen-bond acceptors (Lipinski definition) is 3. The maximum absolute atomic E-state index is 4.69. The van der Waals surface area contributed by atoms with Crippen molar-refractivity contribution in [3.63, 3.8) is 0 Å². The number of nitrogens with zero attached hydrogens (tertiary/aromatic N) is 3. The van der Waals surface area contributed by atoms with Gasteiger partial charge in [0.2, 0.25) is 0 Å². The zero-order valence-corrected chi connectivity index (χ0v) is 15.0. The molecule has 1 aliphatic carbocycles. The van der Waals surface area contributed by atoms with Crippen LogP contribution in [0.1, 0.15) is 30.5 Å². The molecule has 4 nitrogen and oxygen atoms in total. The lowest BCUT2D eigenvalue weighted by atomic mass is 10.4. The SMILES string of the molecule is CCNC(=NCC1CC1)N(C)Cc1csc(C)n1.I. The van der Waals surface area contributed by atoms with Gasteiger partial charge in [0.15, 0.2) is 5.96 Å². The molecule has 1 N–H and O–H groups in total. The van der Waals surface area contributed by atoms with E-state index in [-0.39, 0.29) is 24.0 Å². The molecule has 0 aromatic carbocycles. The summed E-state index contributed by atoms with van der Waals surface area (Å²) in [5, 5.41) is 6.59. The number of aryl methyl sites for hydroxylation is 1. The van der Waals surface area contributed by atoms with Gasteiger partial charge in [-0.1, -0.05) is 0 Å². The number of guanidine groups is 1. The van der Waals surface area contributed by atoms with E-state index in [4.69, 9.17) is 0 Å². The largest absolute Gasteiger partial charge is 0.357 e. The summed E-state index contributed by atoms with van der Waals surface area (Å²) in [5.41, 5.74) is 1.12. The minimum atomic E-state index is 0. The first-order valence-corrected chi connectivity index (χ1v) is 7.47. The molecule has 1 heterocycles. The number of hydrogen-bond donors (Lipinski definition) is 1. The maximum Gasteiger partial charge on any atom is 0.194 e. The molecule has 0 saturated heterocycles. The lowest BCUT2D eigenvalue weighted by Crippen LogP contribution is -2.38. The van der Waals surface area contributed by atoms with E-state index in [2.05, 4.69) is 39.5 Å². The van der Waals surface area contributed by atoms with Crippen LogP contribution in [0.4, 0.5) is 0 Å². The topological polar surface area (TPSA) is 40.5 Å². The summed E-state index contributed by atoms with van der Waals surface area (Å²) in [4.78, 5) is 11.3. The van der Waals surface area contributed by atoms with Crippen LogP contribution in [0.5, 0.6) is 0 Å². The molecule has 1 aromatic heterocycles. The predicted molar refractivity (Wildman–Crippen MR) is 92.4 cm³/mol. The number of nitrogens with one attached hydrogen (secondary N) is 1. The maximum atomic E-state index is 4.69. The highest BCUT2D eigenvalue weighted by Gasteiger charge is 2.21. The van der Waals surface area contributed by atoms with Gasteiger partial charge in [-0.2, -0.15) is 0 Å². The standard InChI is InChI=1S/C13H22N4S.HI/c1-4-14-13(15-7-11-5-6-11)17(3)8-12-9-18-10(2)16-12;/h9,11H,4-8H2,1-3H3,(H,14,15);1H. The van der Waals surface area contributed by atoms with E-state index in [0.717, 1.165) is 42.2 Å². The smallest absolute Gasteiger partial charge is 0.194 e. The van der Waals surface area contributed by atoms with Gasteiger partial charge in [-0.15, -0.1) is 35.3 Å². The molecule has 0 unspecified atom stereocenters. The van der Waals surface area contributed by atoms with Crippen LogP contribution >= 0.6 is 35.3 Å². The van der Waals surface area contributed by atoms with Gasteiger partial charge >= 0.3 is 0 Å². The average molecular weight is 394 g/mol. The highest BCUT2D eigenvalue weighted by Crippen LogP contribution is 2.28. The van der Waals surface area contributed by atoms with E-state index in [1.807, 2.05) is 6.92 Å². The highest BCUT2D eigenvalue weighted by molar-refractivity contribution is 14.0. The van der Waals surface area contributed by atoms with Gasteiger partial charge in [-0.05, 0) is 32.6 Å². The Morgan fingerprint density at radius 1 is 1.58 bits per heavy atom. The molecule has 0 radical (unpaired) electrons. The fourth-order valence-electron chi connectivity index (χ4n) is 1.78. The van der Waals surface area contributed by atoms with E-state index >= 15 is 0 Å². The Morgan fingerprint density at radius 2 is 2.32 bits per heavy atom. The van der Waals surface area contributed by atoms with Crippen LogP contribution in [0.15, 0.2) is 10.4 Å². The fraction of sp³-hybridized carbons (Fsp3) is 0.692. The molecule has 0 bridgehead atoms. The minimum Gasteiger partial charge on any atom is -0.357 e. The second-order valence-corrected chi connectivity index (χ2v) is 5.91. The lowest BCUT2D eigenvalue weighted by Gasteiger charge is -2.21. The summed E-state index contributed by atoms with van der Waals surface area (Å²) < 4.78 is 0. The van der Waals surface area contributed by atoms with Gasteiger partial charge in [-0.3, -0.25) is 4.99 Å². The molecular formula is C13H23IN4S. The number of thiazole rings is 1. The van der Waals surface area contributed by atoms with E-state index in [0.29, 0.717) is 0 Å². The van der Waals surface area contributed by atoms with Gasteiger partial charge in [0.1, 0.15) is 0 Å². The van der Waals surface area contributed by atoms with Crippen LogP contribution in [-0.4, -0.2) is 36.0 Å². The first kappa shape index (κ1) is 16.7. The second-order valence-electron chi connectivity index (χ2n) is 4.85. The molecule has 6 heteroatoms. The van der Waals surface area contributed by atoms with Gasteiger partial charge in [0.25, 0.3) is 0 Å². The summed E-state index contributed by atoms with van der Waals surface area (Å²) in [7, 11) is 2.07. The van der Waals surface area contributed by atoms with Crippen LogP contribution in [-0.2, 0) is 6.54 Å². The molecule has 1 aromatic rings. The third-order valence-corrected chi connectivity index (χ3v) is 3.78. The van der Waals surface area contributed by atoms with E-state index in [9.17, 15) is 0 Å². The van der Waals surface area contributed by atoms with E-state index in [1.54, 1.807) is 11.3 Å². The number of aliphatic imine (C=N–C) groups is 1. The van der Waals surface area contributed by atoms with Gasteiger partial charge in [0, 0.05) is 25.5 Å². The Kier molecular flexibility index (Phi) is 7.06. The third kappa shape index (κ3) is 5.64. The van der Waals surface area contributed by atoms with Gasteiger partial charge in [0.05, 0.1) is 17.2 Å². The molecule has 0 aliphatic heterocycles. The van der Waals surface area contributed by atoms with Crippen molar-refractivity contribution in [3.8, 4) is 0 Å². The normalized spacial score (nSPS) is 15.0. The molecule has 1 saturated carbocycles. The molecule has 0 atom stereocenters.